The number of benzene rings is 2. The van der Waals surface area contributed by atoms with Crippen LogP contribution >= 0.6 is 0 Å². The van der Waals surface area contributed by atoms with Gasteiger partial charge in [-0.1, -0.05) is 42.5 Å². The predicted octanol–water partition coefficient (Wildman–Crippen LogP) is 4.44. The highest BCUT2D eigenvalue weighted by Gasteiger charge is 2.31. The van der Waals surface area contributed by atoms with Crippen molar-refractivity contribution in [2.24, 2.45) is 0 Å². The maximum atomic E-state index is 13.6. The van der Waals surface area contributed by atoms with Crippen LogP contribution in [-0.4, -0.2) is 55.2 Å². The number of ether oxygens (including phenoxy) is 2. The van der Waals surface area contributed by atoms with Crippen LogP contribution in [-0.2, 0) is 20.7 Å². The van der Waals surface area contributed by atoms with E-state index >= 15 is 0 Å². The molecule has 194 valence electrons. The van der Waals surface area contributed by atoms with Crippen molar-refractivity contribution < 1.29 is 37.0 Å². The molecular weight excluding hydrogens is 491 g/mol. The third-order valence-corrected chi connectivity index (χ3v) is 5.34. The predicted molar refractivity (Wildman–Crippen MR) is 129 cm³/mol. The van der Waals surface area contributed by atoms with Gasteiger partial charge >= 0.3 is 6.36 Å². The summed E-state index contributed by atoms with van der Waals surface area (Å²) in [5.41, 5.74) is 2.06. The molecule has 0 aliphatic carbocycles. The Balaban J connectivity index is 2.14. The minimum atomic E-state index is -4.88. The van der Waals surface area contributed by atoms with E-state index in [0.717, 1.165) is 11.6 Å². The first-order valence-corrected chi connectivity index (χ1v) is 11.2. The standard InChI is InChI=1S/C26H24F3N3O5/c1-32(11-6-12-36-17-34)25(35)23-21(13-18-7-3-2-4-8-18)24(30-15-22(23)31-16-33)19-9-5-10-20(14-19)37-26(27,28)29/h2-5,7-10,14-17H,6,11-13H2,1H3,(H,31,33). The van der Waals surface area contributed by atoms with E-state index in [-0.39, 0.29) is 36.5 Å². The SMILES string of the molecule is CN(CCCOC=O)C(=O)c1c(NC=O)cnc(-c2cccc(OC(F)(F)F)c2)c1Cc1ccccc1. The Morgan fingerprint density at radius 2 is 1.86 bits per heavy atom. The van der Waals surface area contributed by atoms with Gasteiger partial charge in [0.25, 0.3) is 12.4 Å². The van der Waals surface area contributed by atoms with Gasteiger partial charge in [-0.3, -0.25) is 19.4 Å². The minimum absolute atomic E-state index is 0.116. The summed E-state index contributed by atoms with van der Waals surface area (Å²) in [5.74, 6) is -0.888. The number of halogens is 3. The number of carbonyl (C=O) groups excluding carboxylic acids is 3. The van der Waals surface area contributed by atoms with Crippen LogP contribution in [0.1, 0.15) is 27.9 Å². The van der Waals surface area contributed by atoms with Crippen LogP contribution in [0.2, 0.25) is 0 Å². The molecule has 2 aromatic carbocycles. The van der Waals surface area contributed by atoms with E-state index in [0.29, 0.717) is 30.4 Å². The van der Waals surface area contributed by atoms with Crippen molar-refractivity contribution in [2.75, 3.05) is 25.5 Å². The van der Waals surface area contributed by atoms with Gasteiger partial charge in [-0.2, -0.15) is 0 Å². The summed E-state index contributed by atoms with van der Waals surface area (Å²) in [7, 11) is 1.55. The smallest absolute Gasteiger partial charge is 0.468 e. The van der Waals surface area contributed by atoms with Crippen LogP contribution in [0.5, 0.6) is 5.75 Å². The van der Waals surface area contributed by atoms with Crippen LogP contribution in [0.4, 0.5) is 18.9 Å². The zero-order valence-corrected chi connectivity index (χ0v) is 19.8. The molecule has 0 saturated carbocycles. The fourth-order valence-electron chi connectivity index (χ4n) is 3.76. The molecule has 37 heavy (non-hydrogen) atoms. The number of amides is 2. The lowest BCUT2D eigenvalue weighted by Gasteiger charge is -2.23. The zero-order valence-electron chi connectivity index (χ0n) is 19.8. The summed E-state index contributed by atoms with van der Waals surface area (Å²) in [6, 6.07) is 14.4. The van der Waals surface area contributed by atoms with Gasteiger partial charge in [0, 0.05) is 25.6 Å². The Labute approximate surface area is 211 Å². The second-order valence-electron chi connectivity index (χ2n) is 7.92. The van der Waals surface area contributed by atoms with Crippen LogP contribution in [0.3, 0.4) is 0 Å². The first-order valence-electron chi connectivity index (χ1n) is 11.2. The highest BCUT2D eigenvalue weighted by atomic mass is 19.4. The van der Waals surface area contributed by atoms with Crippen molar-refractivity contribution >= 4 is 24.5 Å². The van der Waals surface area contributed by atoms with Gasteiger partial charge in [-0.05, 0) is 29.7 Å². The number of alkyl halides is 3. The van der Waals surface area contributed by atoms with Gasteiger partial charge in [0.05, 0.1) is 29.7 Å². The van der Waals surface area contributed by atoms with E-state index in [1.165, 1.54) is 23.2 Å². The average molecular weight is 515 g/mol. The summed E-state index contributed by atoms with van der Waals surface area (Å²) in [5, 5.41) is 2.50. The molecule has 1 N–H and O–H groups in total. The van der Waals surface area contributed by atoms with Crippen molar-refractivity contribution in [3.63, 3.8) is 0 Å². The summed E-state index contributed by atoms with van der Waals surface area (Å²) >= 11 is 0. The largest absolute Gasteiger partial charge is 0.573 e. The van der Waals surface area contributed by atoms with Gasteiger partial charge in [0.1, 0.15) is 5.75 Å². The molecule has 0 aliphatic rings. The van der Waals surface area contributed by atoms with E-state index in [2.05, 4.69) is 19.8 Å². The third-order valence-electron chi connectivity index (χ3n) is 5.34. The highest BCUT2D eigenvalue weighted by molar-refractivity contribution is 6.04. The minimum Gasteiger partial charge on any atom is -0.468 e. The van der Waals surface area contributed by atoms with Crippen LogP contribution in [0, 0.1) is 0 Å². The third kappa shape index (κ3) is 7.53. The molecule has 3 rings (SSSR count). The summed E-state index contributed by atoms with van der Waals surface area (Å²) in [4.78, 5) is 41.1. The molecule has 0 aliphatic heterocycles. The molecular formula is C26H24F3N3O5. The molecule has 0 bridgehead atoms. The number of anilines is 1. The second kappa shape index (κ2) is 12.5. The van der Waals surface area contributed by atoms with Gasteiger partial charge in [0.15, 0.2) is 0 Å². The number of hydrogen-bond acceptors (Lipinski definition) is 6. The van der Waals surface area contributed by atoms with Gasteiger partial charge < -0.3 is 19.7 Å². The van der Waals surface area contributed by atoms with Crippen molar-refractivity contribution in [1.82, 2.24) is 9.88 Å². The average Bonchev–Trinajstić information content (AvgIpc) is 2.86. The Kier molecular flexibility index (Phi) is 9.20. The highest BCUT2D eigenvalue weighted by Crippen LogP contribution is 2.34. The lowest BCUT2D eigenvalue weighted by atomic mass is 9.93. The van der Waals surface area contributed by atoms with E-state index in [9.17, 15) is 27.6 Å². The quantitative estimate of drug-likeness (QED) is 0.283. The first-order chi connectivity index (χ1) is 17.7. The Hall–Kier alpha value is -4.41. The van der Waals surface area contributed by atoms with Crippen molar-refractivity contribution in [3.8, 4) is 17.0 Å². The van der Waals surface area contributed by atoms with Crippen LogP contribution in [0.15, 0.2) is 60.8 Å². The Morgan fingerprint density at radius 1 is 1.11 bits per heavy atom. The molecule has 11 heteroatoms. The maximum absolute atomic E-state index is 13.6. The number of aromatic nitrogens is 1. The molecule has 0 fully saturated rings. The van der Waals surface area contributed by atoms with Crippen molar-refractivity contribution in [3.05, 3.63) is 77.5 Å². The number of carbonyl (C=O) groups is 3. The van der Waals surface area contributed by atoms with Crippen LogP contribution < -0.4 is 10.1 Å². The number of hydrogen-bond donors (Lipinski definition) is 1. The summed E-state index contributed by atoms with van der Waals surface area (Å²) < 4.78 is 47.2. The zero-order chi connectivity index (χ0) is 26.8. The number of nitrogens with zero attached hydrogens (tertiary/aromatic N) is 2. The van der Waals surface area contributed by atoms with Gasteiger partial charge in [-0.25, -0.2) is 0 Å². The maximum Gasteiger partial charge on any atom is 0.573 e. The Bertz CT molecular complexity index is 1240. The fraction of sp³-hybridized carbons (Fsp3) is 0.231. The monoisotopic (exact) mass is 515 g/mol. The van der Waals surface area contributed by atoms with Crippen LogP contribution in [0.25, 0.3) is 11.3 Å². The summed E-state index contributed by atoms with van der Waals surface area (Å²) in [6.45, 7) is 0.674. The molecule has 1 aromatic heterocycles. The second-order valence-corrected chi connectivity index (χ2v) is 7.92. The molecule has 0 unspecified atom stereocenters. The summed E-state index contributed by atoms with van der Waals surface area (Å²) in [6.07, 6.45) is -2.61. The molecule has 0 atom stereocenters. The van der Waals surface area contributed by atoms with Gasteiger partial charge in [0.2, 0.25) is 6.41 Å². The number of rotatable bonds is 12. The van der Waals surface area contributed by atoms with Gasteiger partial charge in [-0.15, -0.1) is 13.2 Å². The van der Waals surface area contributed by atoms with Crippen molar-refractivity contribution in [2.45, 2.75) is 19.2 Å². The van der Waals surface area contributed by atoms with E-state index in [4.69, 9.17) is 0 Å². The fourth-order valence-corrected chi connectivity index (χ4v) is 3.76. The van der Waals surface area contributed by atoms with E-state index < -0.39 is 18.0 Å². The van der Waals surface area contributed by atoms with E-state index in [1.54, 1.807) is 13.1 Å². The van der Waals surface area contributed by atoms with E-state index in [1.807, 2.05) is 30.3 Å². The normalized spacial score (nSPS) is 10.9. The topological polar surface area (TPSA) is 97.8 Å². The molecule has 3 aromatic rings. The molecule has 0 radical (unpaired) electrons. The number of pyridine rings is 1. The lowest BCUT2D eigenvalue weighted by Crippen LogP contribution is -2.30. The lowest BCUT2D eigenvalue weighted by molar-refractivity contribution is -0.274. The number of nitrogens with one attached hydrogen (secondary N) is 1. The molecule has 1 heterocycles. The molecule has 8 nitrogen and oxygen atoms in total. The first kappa shape index (κ1) is 27.2. The molecule has 0 spiro atoms. The molecule has 0 saturated heterocycles. The Morgan fingerprint density at radius 3 is 2.54 bits per heavy atom. The van der Waals surface area contributed by atoms with Crippen molar-refractivity contribution in [1.29, 1.82) is 0 Å². The molecule has 2 amide bonds.